The van der Waals surface area contributed by atoms with Gasteiger partial charge in [0.05, 0.1) is 5.70 Å². The van der Waals surface area contributed by atoms with Crippen molar-refractivity contribution in [3.63, 3.8) is 0 Å². The molecule has 0 fully saturated rings. The molecule has 1 aliphatic heterocycles. The minimum absolute atomic E-state index is 0.585. The Bertz CT molecular complexity index is 345. The molecule has 0 aliphatic carbocycles. The molecule has 0 amide bonds. The number of hydrazine groups is 1. The van der Waals surface area contributed by atoms with Gasteiger partial charge >= 0.3 is 0 Å². The summed E-state index contributed by atoms with van der Waals surface area (Å²) in [5.74, 6) is 0. The van der Waals surface area contributed by atoms with E-state index in [1.807, 2.05) is 36.5 Å². The number of thiocarbonyl (C=S) groups is 1. The summed E-state index contributed by atoms with van der Waals surface area (Å²) in [4.78, 5) is 0. The van der Waals surface area contributed by atoms with Crippen LogP contribution in [0.5, 0.6) is 0 Å². The van der Waals surface area contributed by atoms with Gasteiger partial charge in [0.2, 0.25) is 0 Å². The van der Waals surface area contributed by atoms with Crippen molar-refractivity contribution in [2.24, 2.45) is 0 Å². The molecule has 1 aromatic rings. The second-order valence-corrected chi connectivity index (χ2v) is 3.06. The number of hydrogen-bond acceptors (Lipinski definition) is 2. The van der Waals surface area contributed by atoms with Crippen LogP contribution in [0.1, 0.15) is 5.56 Å². The fraction of sp³-hybridized carbons (Fsp3) is 0. The number of rotatable bonds is 1. The maximum atomic E-state index is 4.96. The summed E-state index contributed by atoms with van der Waals surface area (Å²) >= 11 is 4.96. The lowest BCUT2D eigenvalue weighted by Gasteiger charge is -2.19. The van der Waals surface area contributed by atoms with Crippen LogP contribution in [0.25, 0.3) is 5.70 Å². The average molecular weight is 191 g/mol. The lowest BCUT2D eigenvalue weighted by Crippen LogP contribution is -2.45. The maximum Gasteiger partial charge on any atom is 0.189 e. The van der Waals surface area contributed by atoms with Crippen LogP contribution in [0.3, 0.4) is 0 Å². The maximum absolute atomic E-state index is 4.96. The Morgan fingerprint density at radius 3 is 2.54 bits per heavy atom. The van der Waals surface area contributed by atoms with Crippen LogP contribution in [0, 0.1) is 0 Å². The van der Waals surface area contributed by atoms with Crippen LogP contribution in [-0.4, -0.2) is 5.11 Å². The van der Waals surface area contributed by atoms with E-state index in [9.17, 15) is 0 Å². The molecule has 0 spiro atoms. The first-order valence-electron chi connectivity index (χ1n) is 3.94. The molecule has 3 nitrogen and oxygen atoms in total. The minimum atomic E-state index is 0.585. The summed E-state index contributed by atoms with van der Waals surface area (Å²) in [7, 11) is 0. The molecule has 0 saturated heterocycles. The molecule has 0 bridgehead atoms. The molecule has 0 saturated carbocycles. The van der Waals surface area contributed by atoms with Crippen LogP contribution in [-0.2, 0) is 0 Å². The molecule has 66 valence electrons. The van der Waals surface area contributed by atoms with Crippen LogP contribution in [0.2, 0.25) is 0 Å². The molecule has 1 aliphatic rings. The van der Waals surface area contributed by atoms with Crippen molar-refractivity contribution >= 4 is 23.0 Å². The zero-order valence-electron chi connectivity index (χ0n) is 6.87. The van der Waals surface area contributed by atoms with Crippen LogP contribution >= 0.6 is 12.2 Å². The van der Waals surface area contributed by atoms with Crippen LogP contribution < -0.4 is 16.2 Å². The summed E-state index contributed by atoms with van der Waals surface area (Å²) in [5, 5.41) is 3.64. The first-order chi connectivity index (χ1) is 6.36. The summed E-state index contributed by atoms with van der Waals surface area (Å²) in [6.45, 7) is 0. The van der Waals surface area contributed by atoms with Gasteiger partial charge in [-0.3, -0.25) is 5.43 Å². The highest BCUT2D eigenvalue weighted by molar-refractivity contribution is 7.80. The van der Waals surface area contributed by atoms with Gasteiger partial charge in [-0.25, -0.2) is 0 Å². The molecule has 1 heterocycles. The normalized spacial score (nSPS) is 15.1. The quantitative estimate of drug-likeness (QED) is 0.578. The van der Waals surface area contributed by atoms with Gasteiger partial charge in [-0.2, -0.15) is 0 Å². The molecule has 0 radical (unpaired) electrons. The number of benzene rings is 1. The largest absolute Gasteiger partial charge is 0.330 e. The van der Waals surface area contributed by atoms with Crippen molar-refractivity contribution in [3.05, 3.63) is 42.1 Å². The predicted octanol–water partition coefficient (Wildman–Crippen LogP) is 0.967. The third kappa shape index (κ3) is 1.78. The van der Waals surface area contributed by atoms with E-state index in [4.69, 9.17) is 12.2 Å². The summed E-state index contributed by atoms with van der Waals surface area (Å²) in [5.41, 5.74) is 7.73. The zero-order valence-corrected chi connectivity index (χ0v) is 7.69. The van der Waals surface area contributed by atoms with Gasteiger partial charge in [0.15, 0.2) is 5.11 Å². The van der Waals surface area contributed by atoms with Gasteiger partial charge in [0.1, 0.15) is 0 Å². The highest BCUT2D eigenvalue weighted by Crippen LogP contribution is 2.10. The van der Waals surface area contributed by atoms with Crippen molar-refractivity contribution in [1.29, 1.82) is 0 Å². The Balaban J connectivity index is 2.27. The Morgan fingerprint density at radius 1 is 1.08 bits per heavy atom. The molecule has 0 unspecified atom stereocenters. The fourth-order valence-corrected chi connectivity index (χ4v) is 1.31. The van der Waals surface area contributed by atoms with Gasteiger partial charge in [-0.1, -0.05) is 30.3 Å². The van der Waals surface area contributed by atoms with Gasteiger partial charge in [-0.05, 0) is 17.8 Å². The van der Waals surface area contributed by atoms with E-state index < -0.39 is 0 Å². The van der Waals surface area contributed by atoms with Crippen molar-refractivity contribution < 1.29 is 0 Å². The molecule has 2 rings (SSSR count). The van der Waals surface area contributed by atoms with Gasteiger partial charge in [0, 0.05) is 6.20 Å². The predicted molar refractivity (Wildman–Crippen MR) is 56.4 cm³/mol. The Kier molecular flexibility index (Phi) is 2.14. The van der Waals surface area contributed by atoms with E-state index >= 15 is 0 Å². The number of nitrogens with one attached hydrogen (secondary N) is 3. The minimum Gasteiger partial charge on any atom is -0.330 e. The van der Waals surface area contributed by atoms with E-state index in [-0.39, 0.29) is 0 Å². The molecule has 0 atom stereocenters. The van der Waals surface area contributed by atoms with Crippen LogP contribution in [0.15, 0.2) is 36.5 Å². The molecular weight excluding hydrogens is 182 g/mol. The number of hydrogen-bond donors (Lipinski definition) is 3. The zero-order chi connectivity index (χ0) is 9.10. The Labute approximate surface area is 81.8 Å². The van der Waals surface area contributed by atoms with Gasteiger partial charge in [-0.15, -0.1) is 0 Å². The summed E-state index contributed by atoms with van der Waals surface area (Å²) < 4.78 is 0. The Morgan fingerprint density at radius 2 is 1.85 bits per heavy atom. The van der Waals surface area contributed by atoms with E-state index in [0.717, 1.165) is 11.3 Å². The van der Waals surface area contributed by atoms with Crippen LogP contribution in [0.4, 0.5) is 0 Å². The van der Waals surface area contributed by atoms with Crippen molar-refractivity contribution in [1.82, 2.24) is 16.2 Å². The first kappa shape index (κ1) is 8.07. The van der Waals surface area contributed by atoms with E-state index in [2.05, 4.69) is 16.2 Å². The highest BCUT2D eigenvalue weighted by Gasteiger charge is 2.06. The van der Waals surface area contributed by atoms with E-state index in [1.54, 1.807) is 0 Å². The van der Waals surface area contributed by atoms with Crippen molar-refractivity contribution in [2.75, 3.05) is 0 Å². The lowest BCUT2D eigenvalue weighted by molar-refractivity contribution is 0.788. The van der Waals surface area contributed by atoms with Crippen molar-refractivity contribution in [3.8, 4) is 0 Å². The first-order valence-corrected chi connectivity index (χ1v) is 4.35. The second-order valence-electron chi connectivity index (χ2n) is 2.65. The molecule has 4 heteroatoms. The summed E-state index contributed by atoms with van der Waals surface area (Å²) in [6.07, 6.45) is 1.84. The summed E-state index contributed by atoms with van der Waals surface area (Å²) in [6, 6.07) is 10.0. The van der Waals surface area contributed by atoms with E-state index in [0.29, 0.717) is 5.11 Å². The molecule has 13 heavy (non-hydrogen) atoms. The van der Waals surface area contributed by atoms with E-state index in [1.165, 1.54) is 0 Å². The monoisotopic (exact) mass is 191 g/mol. The molecular formula is C9H9N3S. The smallest absolute Gasteiger partial charge is 0.189 e. The molecule has 1 aromatic carbocycles. The average Bonchev–Trinajstić information content (AvgIpc) is 2.19. The fourth-order valence-electron chi connectivity index (χ4n) is 1.14. The Hall–Kier alpha value is -1.55. The third-order valence-corrected chi connectivity index (χ3v) is 1.94. The topological polar surface area (TPSA) is 36.1 Å². The third-order valence-electron chi connectivity index (χ3n) is 1.74. The van der Waals surface area contributed by atoms with Gasteiger partial charge in [0.25, 0.3) is 0 Å². The second kappa shape index (κ2) is 3.45. The van der Waals surface area contributed by atoms with Gasteiger partial charge < -0.3 is 10.7 Å². The standard InChI is InChI=1S/C9H9N3S/c13-9-11-8(6-10-12-9)7-4-2-1-3-5-7/h1-6,10H,(H2,11,12,13). The highest BCUT2D eigenvalue weighted by atomic mass is 32.1. The van der Waals surface area contributed by atoms with Crippen molar-refractivity contribution in [2.45, 2.75) is 0 Å². The molecule has 0 aromatic heterocycles. The lowest BCUT2D eigenvalue weighted by atomic mass is 10.2. The molecule has 3 N–H and O–H groups in total. The SMILES string of the molecule is S=C1NNC=C(c2ccccc2)N1.